The van der Waals surface area contributed by atoms with E-state index in [-0.39, 0.29) is 0 Å². The molecule has 0 amide bonds. The molecule has 0 aliphatic rings. The third-order valence-electron chi connectivity index (χ3n) is 1.11. The molecule has 10 heavy (non-hydrogen) atoms. The molecule has 0 saturated heterocycles. The predicted octanol–water partition coefficient (Wildman–Crippen LogP) is 2.26. The number of rotatable bonds is 3. The normalized spacial score (nSPS) is 15.3. The molecule has 0 aromatic heterocycles. The summed E-state index contributed by atoms with van der Waals surface area (Å²) in [5.74, 6) is 1.18. The Labute approximate surface area is 68.8 Å². The number of hydrogen-bond acceptors (Lipinski definition) is 2. The molecule has 1 nitrogen and oxygen atoms in total. The molecule has 1 unspecified atom stereocenters. The van der Waals surface area contributed by atoms with Crippen molar-refractivity contribution >= 4 is 11.8 Å². The zero-order valence-corrected chi connectivity index (χ0v) is 8.29. The molecule has 0 fully saturated rings. The van der Waals surface area contributed by atoms with E-state index in [0.29, 0.717) is 10.8 Å². The summed E-state index contributed by atoms with van der Waals surface area (Å²) in [5, 5.41) is 0. The van der Waals surface area contributed by atoms with E-state index < -0.39 is 0 Å². The summed E-state index contributed by atoms with van der Waals surface area (Å²) in [5.41, 5.74) is 5.61. The van der Waals surface area contributed by atoms with E-state index in [2.05, 4.69) is 27.7 Å². The second-order valence-electron chi connectivity index (χ2n) is 3.73. The highest BCUT2D eigenvalue weighted by Gasteiger charge is 2.09. The first kappa shape index (κ1) is 10.3. The first-order valence-electron chi connectivity index (χ1n) is 3.81. The maximum absolute atomic E-state index is 5.61. The van der Waals surface area contributed by atoms with Gasteiger partial charge in [-0.05, 0) is 19.1 Å². The van der Waals surface area contributed by atoms with Gasteiger partial charge in [-0.2, -0.15) is 11.8 Å². The fraction of sp³-hybridized carbons (Fsp3) is 1.00. The highest BCUT2D eigenvalue weighted by atomic mass is 32.2. The van der Waals surface area contributed by atoms with Gasteiger partial charge in [0.1, 0.15) is 0 Å². The van der Waals surface area contributed by atoms with Gasteiger partial charge < -0.3 is 5.73 Å². The minimum absolute atomic E-state index is 0.356. The van der Waals surface area contributed by atoms with Crippen LogP contribution in [0.25, 0.3) is 0 Å². The smallest absolute Gasteiger partial charge is 0.00751 e. The molecule has 0 aromatic rings. The fourth-order valence-electron chi connectivity index (χ4n) is 0.551. The van der Waals surface area contributed by atoms with E-state index in [1.54, 1.807) is 0 Å². The summed E-state index contributed by atoms with van der Waals surface area (Å²) < 4.78 is 0.398. The second kappa shape index (κ2) is 4.24. The van der Waals surface area contributed by atoms with Crippen molar-refractivity contribution in [2.24, 2.45) is 5.73 Å². The van der Waals surface area contributed by atoms with Crippen LogP contribution in [0.1, 0.15) is 34.1 Å². The molecule has 1 atom stereocenters. The lowest BCUT2D eigenvalue weighted by Gasteiger charge is -2.17. The maximum Gasteiger partial charge on any atom is 0.00751 e. The second-order valence-corrected chi connectivity index (χ2v) is 5.65. The highest BCUT2D eigenvalue weighted by Crippen LogP contribution is 2.23. The topological polar surface area (TPSA) is 26.0 Å². The molecule has 0 heterocycles. The van der Waals surface area contributed by atoms with Crippen LogP contribution in [-0.4, -0.2) is 16.5 Å². The Kier molecular flexibility index (Phi) is 4.37. The average Bonchev–Trinajstić information content (AvgIpc) is 1.59. The van der Waals surface area contributed by atoms with E-state index in [9.17, 15) is 0 Å². The Morgan fingerprint density at radius 2 is 1.90 bits per heavy atom. The van der Waals surface area contributed by atoms with Crippen LogP contribution in [0.2, 0.25) is 0 Å². The van der Waals surface area contributed by atoms with Crippen LogP contribution in [0.5, 0.6) is 0 Å². The molecule has 0 saturated carbocycles. The molecular weight excluding hydrogens is 142 g/mol. The Balaban J connectivity index is 3.21. The first-order valence-corrected chi connectivity index (χ1v) is 4.80. The molecule has 0 aromatic carbocycles. The van der Waals surface area contributed by atoms with Crippen molar-refractivity contribution in [1.29, 1.82) is 0 Å². The Morgan fingerprint density at radius 3 is 2.20 bits per heavy atom. The zero-order valence-electron chi connectivity index (χ0n) is 7.48. The van der Waals surface area contributed by atoms with Crippen LogP contribution >= 0.6 is 11.8 Å². The Bertz CT molecular complexity index is 83.7. The Hall–Kier alpha value is 0.310. The minimum atomic E-state index is 0.356. The van der Waals surface area contributed by atoms with Crippen LogP contribution in [-0.2, 0) is 0 Å². The molecule has 2 heteroatoms. The molecule has 0 bridgehead atoms. The van der Waals surface area contributed by atoms with Gasteiger partial charge in [-0.15, -0.1) is 0 Å². The summed E-state index contributed by atoms with van der Waals surface area (Å²) in [6.07, 6.45) is 1.13. The minimum Gasteiger partial charge on any atom is -0.328 e. The fourth-order valence-corrected chi connectivity index (χ4v) is 1.65. The monoisotopic (exact) mass is 161 g/mol. The number of nitrogens with two attached hydrogens (primary N) is 1. The first-order chi connectivity index (χ1) is 4.42. The average molecular weight is 161 g/mol. The third-order valence-corrected chi connectivity index (χ3v) is 2.41. The number of thioether (sulfide) groups is 1. The van der Waals surface area contributed by atoms with Crippen molar-refractivity contribution in [2.45, 2.75) is 44.9 Å². The third kappa shape index (κ3) is 8.31. The van der Waals surface area contributed by atoms with Gasteiger partial charge in [-0.1, -0.05) is 20.8 Å². The largest absolute Gasteiger partial charge is 0.328 e. The van der Waals surface area contributed by atoms with Crippen molar-refractivity contribution in [3.05, 3.63) is 0 Å². The van der Waals surface area contributed by atoms with Crippen LogP contribution in [0.3, 0.4) is 0 Å². The van der Waals surface area contributed by atoms with Crippen LogP contribution in [0.4, 0.5) is 0 Å². The Morgan fingerprint density at radius 1 is 1.40 bits per heavy atom. The summed E-state index contributed by atoms with van der Waals surface area (Å²) in [6.45, 7) is 8.76. The molecule has 62 valence electrons. The van der Waals surface area contributed by atoms with E-state index in [0.717, 1.165) is 6.42 Å². The zero-order chi connectivity index (χ0) is 8.20. The van der Waals surface area contributed by atoms with Gasteiger partial charge in [-0.3, -0.25) is 0 Å². The van der Waals surface area contributed by atoms with E-state index in [1.165, 1.54) is 5.75 Å². The molecule has 0 rings (SSSR count). The lowest BCUT2D eigenvalue weighted by atomic mass is 10.3. The summed E-state index contributed by atoms with van der Waals surface area (Å²) in [7, 11) is 0. The molecule has 0 radical (unpaired) electrons. The van der Waals surface area contributed by atoms with Gasteiger partial charge in [0.05, 0.1) is 0 Å². The molecule has 0 aliphatic heterocycles. The molecule has 2 N–H and O–H groups in total. The maximum atomic E-state index is 5.61. The predicted molar refractivity (Wildman–Crippen MR) is 50.5 cm³/mol. The van der Waals surface area contributed by atoms with Gasteiger partial charge in [-0.25, -0.2) is 0 Å². The highest BCUT2D eigenvalue weighted by molar-refractivity contribution is 8.00. The molecule has 0 aliphatic carbocycles. The van der Waals surface area contributed by atoms with Crippen molar-refractivity contribution in [1.82, 2.24) is 0 Å². The van der Waals surface area contributed by atoms with Crippen LogP contribution in [0.15, 0.2) is 0 Å². The van der Waals surface area contributed by atoms with Crippen LogP contribution < -0.4 is 5.73 Å². The van der Waals surface area contributed by atoms with E-state index >= 15 is 0 Å². The van der Waals surface area contributed by atoms with Crippen LogP contribution in [0, 0.1) is 0 Å². The van der Waals surface area contributed by atoms with Crippen molar-refractivity contribution in [2.75, 3.05) is 5.75 Å². The van der Waals surface area contributed by atoms with Gasteiger partial charge in [0.2, 0.25) is 0 Å². The van der Waals surface area contributed by atoms with Gasteiger partial charge in [0, 0.05) is 10.8 Å². The van der Waals surface area contributed by atoms with Crippen molar-refractivity contribution in [3.8, 4) is 0 Å². The molecular formula is C8H19NS. The SMILES string of the molecule is CC(N)CCSC(C)(C)C. The summed E-state index contributed by atoms with van der Waals surface area (Å²) in [4.78, 5) is 0. The summed E-state index contributed by atoms with van der Waals surface area (Å²) >= 11 is 1.98. The standard InChI is InChI=1S/C8H19NS/c1-7(9)5-6-10-8(2,3)4/h7H,5-6,9H2,1-4H3. The summed E-state index contributed by atoms with van der Waals surface area (Å²) in [6, 6.07) is 0.356. The van der Waals surface area contributed by atoms with Crippen molar-refractivity contribution < 1.29 is 0 Å². The van der Waals surface area contributed by atoms with Gasteiger partial charge in [0.15, 0.2) is 0 Å². The number of hydrogen-bond donors (Lipinski definition) is 1. The molecule has 0 spiro atoms. The lowest BCUT2D eigenvalue weighted by Crippen LogP contribution is -2.17. The van der Waals surface area contributed by atoms with Crippen molar-refractivity contribution in [3.63, 3.8) is 0 Å². The lowest BCUT2D eigenvalue weighted by molar-refractivity contribution is 0.715. The van der Waals surface area contributed by atoms with E-state index in [4.69, 9.17) is 5.73 Å². The quantitative estimate of drug-likeness (QED) is 0.687. The van der Waals surface area contributed by atoms with E-state index in [1.807, 2.05) is 11.8 Å². The van der Waals surface area contributed by atoms with Gasteiger partial charge in [0.25, 0.3) is 0 Å². The van der Waals surface area contributed by atoms with Gasteiger partial charge >= 0.3 is 0 Å².